The molecule has 0 saturated heterocycles. The van der Waals surface area contributed by atoms with Crippen LogP contribution in [-0.4, -0.2) is 31.2 Å². The number of anilines is 1. The molecule has 7 nitrogen and oxygen atoms in total. The van der Waals surface area contributed by atoms with Gasteiger partial charge >= 0.3 is 0 Å². The van der Waals surface area contributed by atoms with E-state index in [0.29, 0.717) is 23.5 Å². The van der Waals surface area contributed by atoms with E-state index in [2.05, 4.69) is 28.0 Å². The van der Waals surface area contributed by atoms with Crippen LogP contribution < -0.4 is 20.2 Å². The summed E-state index contributed by atoms with van der Waals surface area (Å²) < 4.78 is 11.6. The molecule has 4 bridgehead atoms. The lowest BCUT2D eigenvalue weighted by atomic mass is 9.48. The highest BCUT2D eigenvalue weighted by molar-refractivity contribution is 5.92. The van der Waals surface area contributed by atoms with E-state index in [1.165, 1.54) is 44.1 Å². The molecule has 4 fully saturated rings. The molecule has 0 aromatic heterocycles. The fourth-order valence-corrected chi connectivity index (χ4v) is 8.54. The van der Waals surface area contributed by atoms with E-state index in [-0.39, 0.29) is 24.8 Å². The Balaban J connectivity index is 0.923. The highest BCUT2D eigenvalue weighted by atomic mass is 16.5. The molecule has 4 saturated carbocycles. The van der Waals surface area contributed by atoms with Crippen molar-refractivity contribution in [2.45, 2.75) is 57.3 Å². The summed E-state index contributed by atoms with van der Waals surface area (Å²) in [6.07, 6.45) is 10.1. The first-order valence-corrected chi connectivity index (χ1v) is 16.5. The van der Waals surface area contributed by atoms with E-state index in [9.17, 15) is 9.59 Å². The van der Waals surface area contributed by atoms with Crippen molar-refractivity contribution >= 4 is 34.5 Å². The van der Waals surface area contributed by atoms with Crippen LogP contribution in [-0.2, 0) is 21.4 Å². The average Bonchev–Trinajstić information content (AvgIpc) is 3.04. The fraction of sp³-hybridized carbons (Fsp3) is 0.359. The van der Waals surface area contributed by atoms with Gasteiger partial charge in [0.25, 0.3) is 5.91 Å². The predicted octanol–water partition coefficient (Wildman–Crippen LogP) is 7.42. The van der Waals surface area contributed by atoms with Gasteiger partial charge in [-0.3, -0.25) is 9.59 Å². The van der Waals surface area contributed by atoms with E-state index < -0.39 is 0 Å². The van der Waals surface area contributed by atoms with Crippen LogP contribution in [0.1, 0.15) is 62.1 Å². The number of amides is 2. The zero-order chi connectivity index (χ0) is 31.5. The van der Waals surface area contributed by atoms with Gasteiger partial charge in [0, 0.05) is 5.69 Å². The van der Waals surface area contributed by atoms with Gasteiger partial charge in [-0.05, 0) is 126 Å². The van der Waals surface area contributed by atoms with Gasteiger partial charge in [-0.2, -0.15) is 5.10 Å². The first kappa shape index (κ1) is 30.0. The van der Waals surface area contributed by atoms with Crippen molar-refractivity contribution in [3.8, 4) is 11.5 Å². The largest absolute Gasteiger partial charge is 0.490 e. The second-order valence-corrected chi connectivity index (χ2v) is 13.4. The number of hydrazone groups is 1. The predicted molar refractivity (Wildman–Crippen MR) is 181 cm³/mol. The molecule has 0 spiro atoms. The van der Waals surface area contributed by atoms with Gasteiger partial charge in [0.15, 0.2) is 18.1 Å². The zero-order valence-corrected chi connectivity index (χ0v) is 26.3. The maximum absolute atomic E-state index is 12.8. The Morgan fingerprint density at radius 1 is 0.826 bits per heavy atom. The SMILES string of the molecule is CCOc1cc(/C=N\NC(=O)Cc2cccc3ccccc23)ccc1OCC(=O)Nc1ccc(C23CC4CC(CC(C4)C2)C3)cc1. The third-order valence-corrected chi connectivity index (χ3v) is 10.1. The van der Waals surface area contributed by atoms with Crippen LogP contribution in [0, 0.1) is 17.8 Å². The number of nitrogens with zero attached hydrogens (tertiary/aromatic N) is 1. The second kappa shape index (κ2) is 13.0. The Labute approximate surface area is 270 Å². The molecule has 236 valence electrons. The molecule has 46 heavy (non-hydrogen) atoms. The number of nitrogens with one attached hydrogen (secondary N) is 2. The van der Waals surface area contributed by atoms with Gasteiger partial charge in [0.2, 0.25) is 5.91 Å². The normalized spacial score (nSPS) is 23.0. The number of fused-ring (bicyclic) bond motifs is 1. The van der Waals surface area contributed by atoms with Gasteiger partial charge in [-0.25, -0.2) is 5.43 Å². The van der Waals surface area contributed by atoms with Crippen LogP contribution in [0.5, 0.6) is 11.5 Å². The molecule has 2 N–H and O–H groups in total. The van der Waals surface area contributed by atoms with Crippen LogP contribution in [0.2, 0.25) is 0 Å². The van der Waals surface area contributed by atoms with Gasteiger partial charge in [0.1, 0.15) is 0 Å². The minimum absolute atomic E-state index is 0.144. The van der Waals surface area contributed by atoms with Crippen LogP contribution in [0.4, 0.5) is 5.69 Å². The van der Waals surface area contributed by atoms with Crippen LogP contribution in [0.25, 0.3) is 10.8 Å². The molecule has 2 amide bonds. The van der Waals surface area contributed by atoms with E-state index in [4.69, 9.17) is 9.47 Å². The minimum Gasteiger partial charge on any atom is -0.490 e. The monoisotopic (exact) mass is 615 g/mol. The Hall–Kier alpha value is -4.65. The number of hydrogen-bond acceptors (Lipinski definition) is 5. The highest BCUT2D eigenvalue weighted by Gasteiger charge is 2.51. The molecular weight excluding hydrogens is 574 g/mol. The standard InChI is InChI=1S/C39H41N3O4/c1-2-45-36-19-26(24-40-42-37(43)20-31-8-5-7-30-6-3-4-9-34(30)31)10-15-35(36)46-25-38(44)41-33-13-11-32(12-14-33)39-21-27-16-28(22-39)18-29(17-27)23-39/h3-15,19,24,27-29H,2,16-18,20-23,25H2,1H3,(H,41,44)(H,42,43)/b40-24-. The molecule has 7 heteroatoms. The molecule has 4 aromatic carbocycles. The molecule has 4 aliphatic rings. The summed E-state index contributed by atoms with van der Waals surface area (Å²) in [4.78, 5) is 25.4. The van der Waals surface area contributed by atoms with Gasteiger partial charge < -0.3 is 14.8 Å². The van der Waals surface area contributed by atoms with Crippen LogP contribution in [0.15, 0.2) is 90.0 Å². The molecule has 0 heterocycles. The van der Waals surface area contributed by atoms with Crippen LogP contribution >= 0.6 is 0 Å². The maximum Gasteiger partial charge on any atom is 0.262 e. The first-order chi connectivity index (χ1) is 22.5. The maximum atomic E-state index is 12.8. The smallest absolute Gasteiger partial charge is 0.262 e. The second-order valence-electron chi connectivity index (χ2n) is 13.4. The summed E-state index contributed by atoms with van der Waals surface area (Å²) in [5, 5.41) is 9.27. The topological polar surface area (TPSA) is 89.0 Å². The van der Waals surface area contributed by atoms with Crippen molar-refractivity contribution in [2.24, 2.45) is 22.9 Å². The number of hydrogen-bond donors (Lipinski definition) is 2. The molecule has 0 atom stereocenters. The zero-order valence-electron chi connectivity index (χ0n) is 26.3. The third kappa shape index (κ3) is 6.50. The van der Waals surface area contributed by atoms with E-state index >= 15 is 0 Å². The van der Waals surface area contributed by atoms with Crippen molar-refractivity contribution in [3.63, 3.8) is 0 Å². The van der Waals surface area contributed by atoms with Gasteiger partial charge in [-0.15, -0.1) is 0 Å². The van der Waals surface area contributed by atoms with Crippen LogP contribution in [0.3, 0.4) is 0 Å². The van der Waals surface area contributed by atoms with Crippen molar-refractivity contribution in [1.29, 1.82) is 0 Å². The van der Waals surface area contributed by atoms with Gasteiger partial charge in [-0.1, -0.05) is 54.6 Å². The number of ether oxygens (including phenoxy) is 2. The average molecular weight is 616 g/mol. The summed E-state index contributed by atoms with van der Waals surface area (Å²) >= 11 is 0. The Morgan fingerprint density at radius 3 is 2.28 bits per heavy atom. The molecule has 0 aliphatic heterocycles. The minimum atomic E-state index is -0.232. The summed E-state index contributed by atoms with van der Waals surface area (Å²) in [5.41, 5.74) is 6.85. The van der Waals surface area contributed by atoms with E-state index in [1.807, 2.05) is 61.5 Å². The number of rotatable bonds is 11. The molecule has 0 radical (unpaired) electrons. The molecule has 0 unspecified atom stereocenters. The van der Waals surface area contributed by atoms with Crippen molar-refractivity contribution < 1.29 is 19.1 Å². The molecule has 4 aromatic rings. The molecule has 8 rings (SSSR count). The Kier molecular flexibility index (Phi) is 8.48. The fourth-order valence-electron chi connectivity index (χ4n) is 8.54. The lowest BCUT2D eigenvalue weighted by Crippen LogP contribution is -2.48. The Morgan fingerprint density at radius 2 is 1.54 bits per heavy atom. The highest BCUT2D eigenvalue weighted by Crippen LogP contribution is 2.60. The lowest BCUT2D eigenvalue weighted by Gasteiger charge is -2.57. The van der Waals surface area contributed by atoms with Crippen molar-refractivity contribution in [1.82, 2.24) is 5.43 Å². The number of benzene rings is 4. The number of carbonyl (C=O) groups excluding carboxylic acids is 2. The summed E-state index contributed by atoms with van der Waals surface area (Å²) in [6, 6.07) is 27.8. The van der Waals surface area contributed by atoms with Crippen molar-refractivity contribution in [2.75, 3.05) is 18.5 Å². The first-order valence-electron chi connectivity index (χ1n) is 16.5. The molecule has 4 aliphatic carbocycles. The number of carbonyl (C=O) groups is 2. The summed E-state index contributed by atoms with van der Waals surface area (Å²) in [7, 11) is 0. The Bertz CT molecular complexity index is 1720. The third-order valence-electron chi connectivity index (χ3n) is 10.1. The molecular formula is C39H41N3O4. The van der Waals surface area contributed by atoms with E-state index in [0.717, 1.165) is 45.3 Å². The lowest BCUT2D eigenvalue weighted by molar-refractivity contribution is -0.120. The van der Waals surface area contributed by atoms with Crippen molar-refractivity contribution in [3.05, 3.63) is 102 Å². The summed E-state index contributed by atoms with van der Waals surface area (Å²) in [5.74, 6) is 3.23. The van der Waals surface area contributed by atoms with E-state index in [1.54, 1.807) is 24.4 Å². The quantitative estimate of drug-likeness (QED) is 0.136. The van der Waals surface area contributed by atoms with Gasteiger partial charge in [0.05, 0.1) is 19.2 Å². The summed E-state index contributed by atoms with van der Waals surface area (Å²) in [6.45, 7) is 2.17.